The van der Waals surface area contributed by atoms with Gasteiger partial charge < -0.3 is 10.5 Å². The molecule has 21 heavy (non-hydrogen) atoms. The third-order valence-electron chi connectivity index (χ3n) is 3.62. The molecule has 0 unspecified atom stereocenters. The quantitative estimate of drug-likeness (QED) is 0.801. The number of thiocarbonyl (C=S) groups is 1. The number of para-hydroxylation sites is 1. The SMILES string of the molecule is CC(C)(CCOc1ccccc1-c1ccccc1)C(N)=S. The van der Waals surface area contributed by atoms with Gasteiger partial charge in [0.05, 0.1) is 11.6 Å². The van der Waals surface area contributed by atoms with Crippen LogP contribution in [0.25, 0.3) is 11.1 Å². The van der Waals surface area contributed by atoms with Crippen molar-refractivity contribution in [3.05, 3.63) is 54.6 Å². The minimum Gasteiger partial charge on any atom is -0.493 e. The molecule has 2 rings (SSSR count). The Bertz CT molecular complexity index is 608. The van der Waals surface area contributed by atoms with E-state index in [-0.39, 0.29) is 5.41 Å². The highest BCUT2D eigenvalue weighted by molar-refractivity contribution is 7.80. The van der Waals surface area contributed by atoms with Crippen molar-refractivity contribution >= 4 is 17.2 Å². The van der Waals surface area contributed by atoms with Crippen LogP contribution in [0.2, 0.25) is 0 Å². The lowest BCUT2D eigenvalue weighted by molar-refractivity contribution is 0.271. The summed E-state index contributed by atoms with van der Waals surface area (Å²) in [7, 11) is 0. The average Bonchev–Trinajstić information content (AvgIpc) is 2.48. The van der Waals surface area contributed by atoms with Gasteiger partial charge in [-0.3, -0.25) is 0 Å². The van der Waals surface area contributed by atoms with Gasteiger partial charge in [-0.05, 0) is 18.1 Å². The molecule has 0 aliphatic rings. The zero-order chi connectivity index (χ0) is 15.3. The van der Waals surface area contributed by atoms with Gasteiger partial charge >= 0.3 is 0 Å². The smallest absolute Gasteiger partial charge is 0.127 e. The molecule has 0 amide bonds. The van der Waals surface area contributed by atoms with Crippen molar-refractivity contribution in [1.82, 2.24) is 0 Å². The molecule has 2 aromatic rings. The molecule has 0 aliphatic heterocycles. The molecule has 0 saturated carbocycles. The lowest BCUT2D eigenvalue weighted by Gasteiger charge is -2.23. The predicted octanol–water partition coefficient (Wildman–Crippen LogP) is 4.43. The van der Waals surface area contributed by atoms with Gasteiger partial charge in [-0.2, -0.15) is 0 Å². The molecule has 2 N–H and O–H groups in total. The molecule has 3 heteroatoms. The Balaban J connectivity index is 2.10. The zero-order valence-corrected chi connectivity index (χ0v) is 13.3. The van der Waals surface area contributed by atoms with Crippen molar-refractivity contribution in [1.29, 1.82) is 0 Å². The number of hydrogen-bond acceptors (Lipinski definition) is 2. The second-order valence-electron chi connectivity index (χ2n) is 5.71. The minimum atomic E-state index is -0.184. The minimum absolute atomic E-state index is 0.184. The van der Waals surface area contributed by atoms with Crippen molar-refractivity contribution in [2.45, 2.75) is 20.3 Å². The van der Waals surface area contributed by atoms with E-state index in [4.69, 9.17) is 22.7 Å². The maximum atomic E-state index is 5.96. The summed E-state index contributed by atoms with van der Waals surface area (Å²) < 4.78 is 5.96. The van der Waals surface area contributed by atoms with Crippen molar-refractivity contribution in [2.24, 2.45) is 11.1 Å². The van der Waals surface area contributed by atoms with E-state index in [0.29, 0.717) is 11.6 Å². The molecule has 2 nitrogen and oxygen atoms in total. The molecule has 0 aliphatic carbocycles. The predicted molar refractivity (Wildman–Crippen MR) is 92.6 cm³/mol. The third-order valence-corrected chi connectivity index (χ3v) is 4.18. The van der Waals surface area contributed by atoms with Crippen LogP contribution in [0.15, 0.2) is 54.6 Å². The second kappa shape index (κ2) is 6.72. The summed E-state index contributed by atoms with van der Waals surface area (Å²) in [5.41, 5.74) is 7.82. The number of hydrogen-bond donors (Lipinski definition) is 1. The third kappa shape index (κ3) is 4.05. The summed E-state index contributed by atoms with van der Waals surface area (Å²) in [4.78, 5) is 0.530. The zero-order valence-electron chi connectivity index (χ0n) is 12.5. The van der Waals surface area contributed by atoms with E-state index in [9.17, 15) is 0 Å². The monoisotopic (exact) mass is 299 g/mol. The first kappa shape index (κ1) is 15.5. The van der Waals surface area contributed by atoms with Crippen LogP contribution >= 0.6 is 12.2 Å². The molecule has 0 radical (unpaired) electrons. The fourth-order valence-electron chi connectivity index (χ4n) is 1.99. The van der Waals surface area contributed by atoms with Crippen molar-refractivity contribution in [3.8, 4) is 16.9 Å². The highest BCUT2D eigenvalue weighted by atomic mass is 32.1. The first-order chi connectivity index (χ1) is 10.0. The fourth-order valence-corrected chi connectivity index (χ4v) is 2.09. The number of nitrogens with two attached hydrogens (primary N) is 1. The van der Waals surface area contributed by atoms with Crippen molar-refractivity contribution in [2.75, 3.05) is 6.61 Å². The van der Waals surface area contributed by atoms with Crippen LogP contribution in [0.1, 0.15) is 20.3 Å². The Hall–Kier alpha value is -1.87. The van der Waals surface area contributed by atoms with Crippen molar-refractivity contribution < 1.29 is 4.74 Å². The van der Waals surface area contributed by atoms with E-state index >= 15 is 0 Å². The van der Waals surface area contributed by atoms with Crippen LogP contribution in [0.5, 0.6) is 5.75 Å². The van der Waals surface area contributed by atoms with Crippen molar-refractivity contribution in [3.63, 3.8) is 0 Å². The molecule has 0 fully saturated rings. The highest BCUT2D eigenvalue weighted by Crippen LogP contribution is 2.30. The molecule has 0 atom stereocenters. The Morgan fingerprint density at radius 1 is 1.05 bits per heavy atom. The molecule has 0 heterocycles. The van der Waals surface area contributed by atoms with E-state index in [2.05, 4.69) is 18.2 Å². The summed E-state index contributed by atoms with van der Waals surface area (Å²) in [5, 5.41) is 0. The molecular formula is C18H21NOS. The number of ether oxygens (including phenoxy) is 1. The van der Waals surface area contributed by atoms with Gasteiger partial charge in [0, 0.05) is 11.0 Å². The molecule has 110 valence electrons. The van der Waals surface area contributed by atoms with Crippen LogP contribution < -0.4 is 10.5 Å². The maximum Gasteiger partial charge on any atom is 0.127 e. The summed E-state index contributed by atoms with van der Waals surface area (Å²) in [6, 6.07) is 18.3. The Kier molecular flexibility index (Phi) is 4.97. The van der Waals surface area contributed by atoms with Gasteiger partial charge in [0.1, 0.15) is 5.75 Å². The first-order valence-electron chi connectivity index (χ1n) is 7.08. The van der Waals surface area contributed by atoms with Gasteiger partial charge in [-0.1, -0.05) is 74.6 Å². The van der Waals surface area contributed by atoms with Crippen LogP contribution in [-0.4, -0.2) is 11.6 Å². The average molecular weight is 299 g/mol. The van der Waals surface area contributed by atoms with Gasteiger partial charge in [0.15, 0.2) is 0 Å². The molecular weight excluding hydrogens is 278 g/mol. The Morgan fingerprint density at radius 3 is 2.33 bits per heavy atom. The summed E-state index contributed by atoms with van der Waals surface area (Å²) in [6.45, 7) is 4.68. The van der Waals surface area contributed by atoms with Crippen LogP contribution in [-0.2, 0) is 0 Å². The van der Waals surface area contributed by atoms with E-state index in [1.807, 2.05) is 50.2 Å². The topological polar surface area (TPSA) is 35.2 Å². The fraction of sp³-hybridized carbons (Fsp3) is 0.278. The standard InChI is InChI=1S/C18H21NOS/c1-18(2,17(19)21)12-13-20-16-11-7-6-10-15(16)14-8-4-3-5-9-14/h3-11H,12-13H2,1-2H3,(H2,19,21). The highest BCUT2D eigenvalue weighted by Gasteiger charge is 2.21. The lowest BCUT2D eigenvalue weighted by Crippen LogP contribution is -2.31. The molecule has 0 aromatic heterocycles. The largest absolute Gasteiger partial charge is 0.493 e. The van der Waals surface area contributed by atoms with Crippen LogP contribution in [0, 0.1) is 5.41 Å². The van der Waals surface area contributed by atoms with E-state index < -0.39 is 0 Å². The van der Waals surface area contributed by atoms with Gasteiger partial charge in [0.2, 0.25) is 0 Å². The van der Waals surface area contributed by atoms with Crippen LogP contribution in [0.3, 0.4) is 0 Å². The maximum absolute atomic E-state index is 5.96. The summed E-state index contributed by atoms with van der Waals surface area (Å²) in [6.07, 6.45) is 0.797. The normalized spacial score (nSPS) is 11.1. The summed E-state index contributed by atoms with van der Waals surface area (Å²) in [5.74, 6) is 0.891. The molecule has 2 aromatic carbocycles. The van der Waals surface area contributed by atoms with E-state index in [1.54, 1.807) is 0 Å². The molecule has 0 saturated heterocycles. The van der Waals surface area contributed by atoms with Gasteiger partial charge in [-0.25, -0.2) is 0 Å². The van der Waals surface area contributed by atoms with E-state index in [1.165, 1.54) is 0 Å². The number of benzene rings is 2. The Morgan fingerprint density at radius 2 is 1.67 bits per heavy atom. The molecule has 0 spiro atoms. The van der Waals surface area contributed by atoms with Gasteiger partial charge in [-0.15, -0.1) is 0 Å². The van der Waals surface area contributed by atoms with E-state index in [0.717, 1.165) is 23.3 Å². The lowest BCUT2D eigenvalue weighted by atomic mass is 9.90. The van der Waals surface area contributed by atoms with Crippen LogP contribution in [0.4, 0.5) is 0 Å². The summed E-state index contributed by atoms with van der Waals surface area (Å²) >= 11 is 5.09. The molecule has 0 bridgehead atoms. The Labute approximate surface area is 131 Å². The number of rotatable bonds is 6. The van der Waals surface area contributed by atoms with Gasteiger partial charge in [0.25, 0.3) is 0 Å². The first-order valence-corrected chi connectivity index (χ1v) is 7.49. The second-order valence-corrected chi connectivity index (χ2v) is 6.15.